The van der Waals surface area contributed by atoms with E-state index >= 15 is 0 Å². The van der Waals surface area contributed by atoms with Gasteiger partial charge < -0.3 is 13.9 Å². The maximum Gasteiger partial charge on any atom is 0.322 e. The Morgan fingerprint density at radius 1 is 1.35 bits per heavy atom. The van der Waals surface area contributed by atoms with E-state index in [1.54, 1.807) is 25.1 Å². The average Bonchev–Trinajstić information content (AvgIpc) is 3.27. The Balaban J connectivity index is 1.76. The number of nitrogens with one attached hydrogen (secondary N) is 1. The van der Waals surface area contributed by atoms with Crippen LogP contribution in [0.3, 0.4) is 0 Å². The molecule has 0 amide bonds. The third kappa shape index (κ3) is 3.07. The lowest BCUT2D eigenvalue weighted by atomic mass is 10.2. The van der Waals surface area contributed by atoms with E-state index in [4.69, 9.17) is 13.0 Å². The van der Waals surface area contributed by atoms with E-state index in [2.05, 4.69) is 15.0 Å². The van der Waals surface area contributed by atoms with Crippen LogP contribution in [-0.2, 0) is 16.9 Å². The highest BCUT2D eigenvalue weighted by Crippen LogP contribution is 2.24. The van der Waals surface area contributed by atoms with Crippen molar-refractivity contribution in [3.05, 3.63) is 66.2 Å². The molecule has 1 atom stereocenters. The Morgan fingerprint density at radius 3 is 2.92 bits per heavy atom. The van der Waals surface area contributed by atoms with Crippen LogP contribution in [-0.4, -0.2) is 31.2 Å². The van der Waals surface area contributed by atoms with Gasteiger partial charge in [0.1, 0.15) is 5.75 Å². The minimum absolute atomic E-state index is 0.0210. The summed E-state index contributed by atoms with van der Waals surface area (Å²) in [7, 11) is 1.46. The first-order valence-corrected chi connectivity index (χ1v) is 8.80. The van der Waals surface area contributed by atoms with Gasteiger partial charge in [-0.3, -0.25) is 9.97 Å². The molecule has 7 heteroatoms. The van der Waals surface area contributed by atoms with Gasteiger partial charge in [-0.2, -0.15) is 4.98 Å². The zero-order valence-corrected chi connectivity index (χ0v) is 14.8. The molecule has 0 aliphatic carbocycles. The molecule has 4 rings (SSSR count). The summed E-state index contributed by atoms with van der Waals surface area (Å²) in [6.07, 6.45) is 0.792. The Morgan fingerprint density at radius 2 is 2.15 bits per heavy atom. The van der Waals surface area contributed by atoms with Gasteiger partial charge in [-0.1, -0.05) is 0 Å². The van der Waals surface area contributed by atoms with Crippen molar-refractivity contribution in [2.75, 3.05) is 7.11 Å². The maximum atomic E-state index is 13.1. The summed E-state index contributed by atoms with van der Waals surface area (Å²) in [6, 6.07) is 5.57. The fourth-order valence-electron chi connectivity index (χ4n) is 2.50. The average molecular weight is 372 g/mol. The van der Waals surface area contributed by atoms with E-state index in [1.807, 2.05) is 0 Å². The summed E-state index contributed by atoms with van der Waals surface area (Å²) in [5.41, 5.74) is -0.793. The normalized spacial score (nSPS) is 16.3. The van der Waals surface area contributed by atoms with Crippen LogP contribution in [0.5, 0.6) is 5.75 Å². The molecule has 26 heavy (non-hydrogen) atoms. The molecular weight excluding hydrogens is 348 g/mol. The number of aromatic amines is 1. The lowest BCUT2D eigenvalue weighted by molar-refractivity contribution is 0.410. The number of rotatable bonds is 5. The van der Waals surface area contributed by atoms with Crippen LogP contribution in [0, 0.1) is 6.92 Å². The topological polar surface area (TPSA) is 78.8 Å². The lowest BCUT2D eigenvalue weighted by Gasteiger charge is -2.10. The number of ether oxygens (including phenoxy) is 1. The van der Waals surface area contributed by atoms with Crippen LogP contribution in [0.2, 0.25) is 0 Å². The van der Waals surface area contributed by atoms with Crippen LogP contribution in [0.15, 0.2) is 60.0 Å². The molecule has 132 valence electrons. The van der Waals surface area contributed by atoms with Gasteiger partial charge in [-0.25, -0.2) is 0 Å². The van der Waals surface area contributed by atoms with Crippen molar-refractivity contribution in [1.82, 2.24) is 19.5 Å². The van der Waals surface area contributed by atoms with Crippen LogP contribution in [0.25, 0.3) is 16.7 Å². The smallest absolute Gasteiger partial charge is 0.322 e. The summed E-state index contributed by atoms with van der Waals surface area (Å²) in [4.78, 5) is 11.2. The maximum absolute atomic E-state index is 13.1. The van der Waals surface area contributed by atoms with Gasteiger partial charge in [0.2, 0.25) is 0 Å². The third-order valence-electron chi connectivity index (χ3n) is 3.84. The number of hydrogen-bond donors (Lipinski definition) is 1. The number of H-pyrrole nitrogens is 1. The number of imidazole rings is 1. The van der Waals surface area contributed by atoms with Crippen molar-refractivity contribution in [1.29, 1.82) is 0 Å². The van der Waals surface area contributed by atoms with E-state index < -0.39 is 16.9 Å². The predicted octanol–water partition coefficient (Wildman–Crippen LogP) is 3.37. The number of nitrogens with zero attached hydrogens (tertiary/aromatic N) is 3. The zero-order chi connectivity index (χ0) is 23.4. The second kappa shape index (κ2) is 6.86. The molecule has 1 N–H and O–H groups in total. The van der Waals surface area contributed by atoms with Gasteiger partial charge in [0.05, 0.1) is 32.1 Å². The standard InChI is InChI=1S/C19H18N4O2S/c1-13-17(20-8-7-18(13)25-2)12-26(24)19-21-15-6-5-14(11-16(15)22-19)23-9-3-4-10-23/h3-11H,12H2,1-2H3,(H,21,22)/i3D,4D,9D,10D,12D2. The molecular formula is C19H18N4O2S. The first-order valence-electron chi connectivity index (χ1n) is 10.6. The highest BCUT2D eigenvalue weighted by atomic mass is 32.2. The Hall–Kier alpha value is -2.77. The molecule has 0 saturated heterocycles. The highest BCUT2D eigenvalue weighted by Gasteiger charge is 2.20. The van der Waals surface area contributed by atoms with E-state index in [1.165, 1.54) is 19.4 Å². The van der Waals surface area contributed by atoms with Gasteiger partial charge in [-0.05, 0) is 43.3 Å². The SMILES string of the molecule is [2H]c1c([2H])c([2H])n(-c2ccc3[nH]c([S+]([O-])C([2H])([2H])c4nccc(OC)c4C)nc3c2)c1[2H]. The molecule has 3 heterocycles. The van der Waals surface area contributed by atoms with Crippen LogP contribution in [0.1, 0.15) is 19.5 Å². The van der Waals surface area contributed by atoms with Gasteiger partial charge in [0, 0.05) is 41.0 Å². The molecule has 4 aromatic rings. The van der Waals surface area contributed by atoms with Crippen LogP contribution >= 0.6 is 0 Å². The Labute approximate surface area is 162 Å². The van der Waals surface area contributed by atoms with Crippen molar-refractivity contribution >= 4 is 22.2 Å². The number of hydrogen-bond acceptors (Lipinski definition) is 4. The summed E-state index contributed by atoms with van der Waals surface area (Å²) >= 11 is -2.25. The van der Waals surface area contributed by atoms with E-state index in [-0.39, 0.29) is 35.3 Å². The minimum Gasteiger partial charge on any atom is -0.609 e. The number of benzene rings is 1. The fraction of sp³-hybridized carbons (Fsp3) is 0.158. The Kier molecular flexibility index (Phi) is 2.91. The molecule has 0 aliphatic heterocycles. The van der Waals surface area contributed by atoms with E-state index in [0.29, 0.717) is 28.0 Å². The van der Waals surface area contributed by atoms with Crippen molar-refractivity contribution in [3.63, 3.8) is 0 Å². The van der Waals surface area contributed by atoms with Gasteiger partial charge in [-0.15, -0.1) is 0 Å². The minimum atomic E-state index is -2.36. The first kappa shape index (κ1) is 11.1. The summed E-state index contributed by atoms with van der Waals surface area (Å²) in [6.45, 7) is 1.64. The molecule has 6 nitrogen and oxygen atoms in total. The van der Waals surface area contributed by atoms with Crippen LogP contribution in [0.4, 0.5) is 0 Å². The quantitative estimate of drug-likeness (QED) is 0.545. The monoisotopic (exact) mass is 372 g/mol. The molecule has 1 aromatic carbocycles. The number of methoxy groups -OCH3 is 1. The van der Waals surface area contributed by atoms with Crippen molar-refractivity contribution in [3.8, 4) is 11.4 Å². The zero-order valence-electron chi connectivity index (χ0n) is 20.0. The van der Waals surface area contributed by atoms with Crippen LogP contribution < -0.4 is 4.74 Å². The summed E-state index contributed by atoms with van der Waals surface area (Å²) in [5.74, 6) is 0.428. The van der Waals surface area contributed by atoms with E-state index in [0.717, 1.165) is 4.57 Å². The fourth-order valence-corrected chi connectivity index (χ4v) is 3.36. The van der Waals surface area contributed by atoms with Gasteiger partial charge >= 0.3 is 5.16 Å². The molecule has 1 unspecified atom stereocenters. The second-order valence-corrected chi connectivity index (χ2v) is 6.54. The van der Waals surface area contributed by atoms with Crippen molar-refractivity contribution in [2.24, 2.45) is 0 Å². The van der Waals surface area contributed by atoms with Gasteiger partial charge in [0.25, 0.3) is 0 Å². The number of fused-ring (bicyclic) bond motifs is 1. The highest BCUT2D eigenvalue weighted by molar-refractivity contribution is 7.90. The molecule has 3 aromatic heterocycles. The van der Waals surface area contributed by atoms with Crippen molar-refractivity contribution < 1.29 is 17.5 Å². The van der Waals surface area contributed by atoms with Crippen molar-refractivity contribution in [2.45, 2.75) is 17.8 Å². The molecule has 0 aliphatic rings. The number of aromatic nitrogens is 4. The lowest BCUT2D eigenvalue weighted by Crippen LogP contribution is -2.10. The third-order valence-corrected chi connectivity index (χ3v) is 4.76. The summed E-state index contributed by atoms with van der Waals surface area (Å²) in [5, 5.41) is -0.0989. The Bertz CT molecular complexity index is 1310. The molecule has 0 spiro atoms. The molecule has 0 fully saturated rings. The largest absolute Gasteiger partial charge is 0.609 e. The second-order valence-electron chi connectivity index (χ2n) is 5.41. The molecule has 0 saturated carbocycles. The molecule has 0 radical (unpaired) electrons. The summed E-state index contributed by atoms with van der Waals surface area (Å²) < 4.78 is 67.9. The number of pyridine rings is 1. The van der Waals surface area contributed by atoms with E-state index in [9.17, 15) is 4.55 Å². The van der Waals surface area contributed by atoms with Gasteiger partial charge in [0.15, 0.2) is 5.70 Å². The first-order chi connectivity index (χ1) is 15.1. The predicted molar refractivity (Wildman–Crippen MR) is 101 cm³/mol. The molecule has 0 bridgehead atoms.